The Hall–Kier alpha value is -1.89. The standard InChI is InChI=1S/C12H11FN2O/c13-11-4-1-5-12(10(11)7-14)15-6-2-3-9(16)8-15/h1,4-5H,2-3,6,8H2. The zero-order chi connectivity index (χ0) is 11.5. The molecule has 1 saturated heterocycles. The van der Waals surface area contributed by atoms with Gasteiger partial charge in [0.25, 0.3) is 0 Å². The van der Waals surface area contributed by atoms with Crippen LogP contribution >= 0.6 is 0 Å². The fraction of sp³-hybridized carbons (Fsp3) is 0.333. The van der Waals surface area contributed by atoms with Crippen LogP contribution < -0.4 is 4.90 Å². The molecule has 3 nitrogen and oxygen atoms in total. The first kappa shape index (κ1) is 10.6. The molecular formula is C12H11FN2O. The first-order valence-electron chi connectivity index (χ1n) is 5.17. The van der Waals surface area contributed by atoms with Gasteiger partial charge >= 0.3 is 0 Å². The van der Waals surface area contributed by atoms with Crippen LogP contribution in [0.1, 0.15) is 18.4 Å². The summed E-state index contributed by atoms with van der Waals surface area (Å²) >= 11 is 0. The quantitative estimate of drug-likeness (QED) is 0.722. The van der Waals surface area contributed by atoms with E-state index in [0.29, 0.717) is 18.7 Å². The van der Waals surface area contributed by atoms with E-state index in [1.165, 1.54) is 6.07 Å². The van der Waals surface area contributed by atoms with E-state index in [-0.39, 0.29) is 17.9 Å². The Kier molecular flexibility index (Phi) is 2.86. The second-order valence-electron chi connectivity index (χ2n) is 3.81. The minimum atomic E-state index is -0.530. The van der Waals surface area contributed by atoms with Gasteiger partial charge in [-0.1, -0.05) is 6.07 Å². The van der Waals surface area contributed by atoms with Crippen LogP contribution in [-0.2, 0) is 4.79 Å². The molecule has 1 aliphatic heterocycles. The molecule has 82 valence electrons. The van der Waals surface area contributed by atoms with Gasteiger partial charge in [-0.15, -0.1) is 0 Å². The van der Waals surface area contributed by atoms with Gasteiger partial charge in [-0.25, -0.2) is 4.39 Å². The molecule has 0 unspecified atom stereocenters. The number of hydrogen-bond acceptors (Lipinski definition) is 3. The van der Waals surface area contributed by atoms with Crippen LogP contribution in [0.2, 0.25) is 0 Å². The van der Waals surface area contributed by atoms with Gasteiger partial charge in [0.05, 0.1) is 12.2 Å². The van der Waals surface area contributed by atoms with Crippen LogP contribution in [0.5, 0.6) is 0 Å². The first-order valence-corrected chi connectivity index (χ1v) is 5.17. The second kappa shape index (κ2) is 4.31. The van der Waals surface area contributed by atoms with Gasteiger partial charge in [0.1, 0.15) is 17.4 Å². The van der Waals surface area contributed by atoms with Crippen molar-refractivity contribution < 1.29 is 9.18 Å². The summed E-state index contributed by atoms with van der Waals surface area (Å²) < 4.78 is 13.4. The maximum absolute atomic E-state index is 13.4. The van der Waals surface area contributed by atoms with Crippen molar-refractivity contribution in [3.05, 3.63) is 29.6 Å². The van der Waals surface area contributed by atoms with Crippen LogP contribution in [-0.4, -0.2) is 18.9 Å². The molecule has 1 aromatic carbocycles. The Morgan fingerprint density at radius 3 is 2.94 bits per heavy atom. The molecule has 0 amide bonds. The molecule has 1 fully saturated rings. The van der Waals surface area contributed by atoms with Gasteiger partial charge in [-0.05, 0) is 18.6 Å². The maximum atomic E-state index is 13.4. The van der Waals surface area contributed by atoms with Gasteiger partial charge in [0, 0.05) is 13.0 Å². The van der Waals surface area contributed by atoms with Gasteiger partial charge in [0.2, 0.25) is 0 Å². The smallest absolute Gasteiger partial charge is 0.152 e. The Bertz CT molecular complexity index is 465. The number of rotatable bonds is 1. The molecule has 0 aliphatic carbocycles. The van der Waals surface area contributed by atoms with Crippen molar-refractivity contribution in [3.8, 4) is 6.07 Å². The van der Waals surface area contributed by atoms with Crippen molar-refractivity contribution in [2.75, 3.05) is 18.0 Å². The second-order valence-corrected chi connectivity index (χ2v) is 3.81. The van der Waals surface area contributed by atoms with Crippen LogP contribution in [0.15, 0.2) is 18.2 Å². The largest absolute Gasteiger partial charge is 0.363 e. The lowest BCUT2D eigenvalue weighted by Crippen LogP contribution is -2.36. The molecule has 0 N–H and O–H groups in total. The number of Topliss-reactive ketones (excluding diaryl/α,β-unsaturated/α-hetero) is 1. The van der Waals surface area contributed by atoms with Crippen molar-refractivity contribution in [1.29, 1.82) is 5.26 Å². The molecule has 0 aromatic heterocycles. The van der Waals surface area contributed by atoms with E-state index in [0.717, 1.165) is 6.42 Å². The molecular weight excluding hydrogens is 207 g/mol. The number of piperidine rings is 1. The SMILES string of the molecule is N#Cc1c(F)cccc1N1CCCC(=O)C1. The number of benzene rings is 1. The van der Waals surface area contributed by atoms with Gasteiger partial charge < -0.3 is 4.90 Å². The lowest BCUT2D eigenvalue weighted by Gasteiger charge is -2.28. The monoisotopic (exact) mass is 218 g/mol. The number of halogens is 1. The highest BCUT2D eigenvalue weighted by Gasteiger charge is 2.20. The number of nitriles is 1. The van der Waals surface area contributed by atoms with Crippen molar-refractivity contribution >= 4 is 11.5 Å². The molecule has 2 rings (SSSR count). The lowest BCUT2D eigenvalue weighted by molar-refractivity contribution is -0.118. The minimum Gasteiger partial charge on any atom is -0.363 e. The molecule has 4 heteroatoms. The Morgan fingerprint density at radius 1 is 1.44 bits per heavy atom. The number of carbonyl (C=O) groups excluding carboxylic acids is 1. The zero-order valence-corrected chi connectivity index (χ0v) is 8.74. The third-order valence-electron chi connectivity index (χ3n) is 2.69. The van der Waals surface area contributed by atoms with Crippen molar-refractivity contribution in [1.82, 2.24) is 0 Å². The average Bonchev–Trinajstić information content (AvgIpc) is 2.28. The van der Waals surface area contributed by atoms with E-state index in [9.17, 15) is 9.18 Å². The third kappa shape index (κ3) is 1.89. The van der Waals surface area contributed by atoms with Crippen LogP contribution in [0.3, 0.4) is 0 Å². The fourth-order valence-electron chi connectivity index (χ4n) is 1.93. The summed E-state index contributed by atoms with van der Waals surface area (Å²) in [7, 11) is 0. The fourth-order valence-corrected chi connectivity index (χ4v) is 1.93. The predicted molar refractivity (Wildman–Crippen MR) is 57.6 cm³/mol. The molecule has 0 bridgehead atoms. The van der Waals surface area contributed by atoms with E-state index >= 15 is 0 Å². The maximum Gasteiger partial charge on any atom is 0.152 e. The van der Waals surface area contributed by atoms with E-state index < -0.39 is 5.82 Å². The van der Waals surface area contributed by atoms with Crippen molar-refractivity contribution in [2.24, 2.45) is 0 Å². The molecule has 16 heavy (non-hydrogen) atoms. The van der Waals surface area contributed by atoms with Crippen LogP contribution in [0.4, 0.5) is 10.1 Å². The van der Waals surface area contributed by atoms with Crippen LogP contribution in [0, 0.1) is 17.1 Å². The topological polar surface area (TPSA) is 44.1 Å². The molecule has 1 aromatic rings. The molecule has 0 spiro atoms. The third-order valence-corrected chi connectivity index (χ3v) is 2.69. The first-order chi connectivity index (χ1) is 7.72. The summed E-state index contributed by atoms with van der Waals surface area (Å²) in [6, 6.07) is 6.35. The summed E-state index contributed by atoms with van der Waals surface area (Å²) in [6.45, 7) is 0.974. The minimum absolute atomic E-state index is 0.0252. The normalized spacial score (nSPS) is 16.0. The number of nitrogens with zero attached hydrogens (tertiary/aromatic N) is 2. The zero-order valence-electron chi connectivity index (χ0n) is 8.74. The molecule has 1 aliphatic rings. The Labute approximate surface area is 93.1 Å². The molecule has 1 heterocycles. The molecule has 0 atom stereocenters. The van der Waals surface area contributed by atoms with Gasteiger partial charge in [0.15, 0.2) is 5.78 Å². The van der Waals surface area contributed by atoms with Crippen LogP contribution in [0.25, 0.3) is 0 Å². The number of anilines is 1. The highest BCUT2D eigenvalue weighted by molar-refractivity contribution is 5.85. The lowest BCUT2D eigenvalue weighted by atomic mass is 10.1. The summed E-state index contributed by atoms with van der Waals surface area (Å²) in [4.78, 5) is 13.1. The highest BCUT2D eigenvalue weighted by Crippen LogP contribution is 2.24. The summed E-state index contributed by atoms with van der Waals surface area (Å²) in [6.07, 6.45) is 1.34. The summed E-state index contributed by atoms with van der Waals surface area (Å²) in [5, 5.41) is 8.89. The van der Waals surface area contributed by atoms with Crippen molar-refractivity contribution in [2.45, 2.75) is 12.8 Å². The highest BCUT2D eigenvalue weighted by atomic mass is 19.1. The van der Waals surface area contributed by atoms with E-state index in [2.05, 4.69) is 0 Å². The van der Waals surface area contributed by atoms with Gasteiger partial charge in [-0.3, -0.25) is 4.79 Å². The number of ketones is 1. The van der Waals surface area contributed by atoms with Gasteiger partial charge in [-0.2, -0.15) is 5.26 Å². The Morgan fingerprint density at radius 2 is 2.25 bits per heavy atom. The van der Waals surface area contributed by atoms with Crippen molar-refractivity contribution in [3.63, 3.8) is 0 Å². The summed E-state index contributed by atoms with van der Waals surface area (Å²) in [5.41, 5.74) is 0.549. The molecule has 0 radical (unpaired) electrons. The van der Waals surface area contributed by atoms with E-state index in [1.54, 1.807) is 17.0 Å². The predicted octanol–water partition coefficient (Wildman–Crippen LogP) is 1.87. The number of hydrogen-bond donors (Lipinski definition) is 0. The average molecular weight is 218 g/mol. The number of carbonyl (C=O) groups is 1. The summed E-state index contributed by atoms with van der Waals surface area (Å²) in [5.74, 6) is -0.391. The molecule has 0 saturated carbocycles. The van der Waals surface area contributed by atoms with E-state index in [4.69, 9.17) is 5.26 Å². The van der Waals surface area contributed by atoms with E-state index in [1.807, 2.05) is 6.07 Å². The Balaban J connectivity index is 2.36.